The van der Waals surface area contributed by atoms with Crippen LogP contribution in [0.5, 0.6) is 5.75 Å². The second-order valence-electron chi connectivity index (χ2n) is 5.96. The molecule has 9 heteroatoms. The third-order valence-electron chi connectivity index (χ3n) is 3.96. The second kappa shape index (κ2) is 9.72. The number of likely N-dealkylation sites (N-methyl/N-ethyl adjacent to an activating group) is 1. The first-order chi connectivity index (χ1) is 13.3. The highest BCUT2D eigenvalue weighted by molar-refractivity contribution is 7.98. The van der Waals surface area contributed by atoms with Crippen LogP contribution < -0.4 is 10.2 Å². The lowest BCUT2D eigenvalue weighted by atomic mass is 10.2. The smallest absolute Gasteiger partial charge is 0.255 e. The lowest BCUT2D eigenvalue weighted by Crippen LogP contribution is -2.36. The van der Waals surface area contributed by atoms with Gasteiger partial charge in [-0.25, -0.2) is 13.8 Å². The van der Waals surface area contributed by atoms with Gasteiger partial charge in [0.2, 0.25) is 10.0 Å². The Kier molecular flexibility index (Phi) is 7.61. The maximum absolute atomic E-state index is 12.6. The van der Waals surface area contributed by atoms with Crippen molar-refractivity contribution in [2.24, 2.45) is 5.10 Å². The molecule has 0 spiro atoms. The molecule has 2 aromatic carbocycles. The van der Waals surface area contributed by atoms with Crippen LogP contribution >= 0.6 is 11.8 Å². The van der Waals surface area contributed by atoms with E-state index in [1.54, 1.807) is 24.8 Å². The zero-order valence-corrected chi connectivity index (χ0v) is 17.8. The summed E-state index contributed by atoms with van der Waals surface area (Å²) >= 11 is 1.63. The van der Waals surface area contributed by atoms with Crippen LogP contribution in [0, 0.1) is 6.92 Å². The third kappa shape index (κ3) is 5.57. The molecule has 1 amide bonds. The van der Waals surface area contributed by atoms with E-state index in [-0.39, 0.29) is 11.4 Å². The van der Waals surface area contributed by atoms with E-state index in [0.29, 0.717) is 11.3 Å². The monoisotopic (exact) mass is 421 g/mol. The number of carbonyl (C=O) groups excluding carboxylic acids is 1. The van der Waals surface area contributed by atoms with Crippen LogP contribution in [-0.4, -0.2) is 51.8 Å². The van der Waals surface area contributed by atoms with Crippen LogP contribution in [0.2, 0.25) is 0 Å². The molecule has 1 N–H and O–H groups in total. The van der Waals surface area contributed by atoms with Gasteiger partial charge in [-0.3, -0.25) is 4.79 Å². The van der Waals surface area contributed by atoms with Crippen molar-refractivity contribution in [1.82, 2.24) is 9.73 Å². The molecule has 0 bridgehead atoms. The fraction of sp³-hybridized carbons (Fsp3) is 0.263. The Labute approximate surface area is 169 Å². The number of benzene rings is 2. The molecule has 0 aliphatic heterocycles. The number of ether oxygens (including phenoxy) is 1. The predicted molar refractivity (Wildman–Crippen MR) is 112 cm³/mol. The topological polar surface area (TPSA) is 88.1 Å². The molecule has 0 unspecified atom stereocenters. The number of aryl methyl sites for hydroxylation is 1. The van der Waals surface area contributed by atoms with Crippen LogP contribution in [0.25, 0.3) is 0 Å². The van der Waals surface area contributed by atoms with Gasteiger partial charge in [0, 0.05) is 11.9 Å². The molecular weight excluding hydrogens is 398 g/mol. The van der Waals surface area contributed by atoms with Crippen molar-refractivity contribution < 1.29 is 17.9 Å². The van der Waals surface area contributed by atoms with Crippen LogP contribution in [-0.2, 0) is 14.8 Å². The fourth-order valence-electron chi connectivity index (χ4n) is 2.38. The Bertz CT molecular complexity index is 958. The molecule has 2 aromatic rings. The lowest BCUT2D eigenvalue weighted by molar-refractivity contribution is -0.121. The number of hydrazone groups is 1. The van der Waals surface area contributed by atoms with Crippen molar-refractivity contribution in [3.05, 3.63) is 53.6 Å². The standard InChI is InChI=1S/C19H23N3O4S2/c1-14-11-17(9-10-18(14)26-3)28(24,25)22(2)13-19(23)21-20-12-15-5-7-16(27-4)8-6-15/h5-12H,13H2,1-4H3,(H,21,23)/b20-12+. The van der Waals surface area contributed by atoms with Crippen LogP contribution in [0.15, 0.2) is 57.4 Å². The van der Waals surface area contributed by atoms with Crippen LogP contribution in [0.4, 0.5) is 0 Å². The number of thioether (sulfide) groups is 1. The van der Waals surface area contributed by atoms with E-state index in [9.17, 15) is 13.2 Å². The zero-order chi connectivity index (χ0) is 20.7. The summed E-state index contributed by atoms with van der Waals surface area (Å²) in [6, 6.07) is 12.2. The third-order valence-corrected chi connectivity index (χ3v) is 6.50. The van der Waals surface area contributed by atoms with Crippen molar-refractivity contribution in [2.45, 2.75) is 16.7 Å². The molecule has 0 aliphatic carbocycles. The summed E-state index contributed by atoms with van der Waals surface area (Å²) in [6.45, 7) is 1.40. The summed E-state index contributed by atoms with van der Waals surface area (Å²) in [4.78, 5) is 13.3. The number of rotatable bonds is 8. The zero-order valence-electron chi connectivity index (χ0n) is 16.2. The second-order valence-corrected chi connectivity index (χ2v) is 8.88. The lowest BCUT2D eigenvalue weighted by Gasteiger charge is -2.17. The Balaban J connectivity index is 1.98. The normalized spacial score (nSPS) is 11.8. The minimum atomic E-state index is -3.80. The number of hydrogen-bond donors (Lipinski definition) is 1. The first kappa shape index (κ1) is 21.9. The summed E-state index contributed by atoms with van der Waals surface area (Å²) < 4.78 is 31.4. The van der Waals surface area contributed by atoms with Gasteiger partial charge in [0.05, 0.1) is 24.8 Å². The average Bonchev–Trinajstić information content (AvgIpc) is 2.68. The highest BCUT2D eigenvalue weighted by Gasteiger charge is 2.23. The fourth-order valence-corrected chi connectivity index (χ4v) is 4.00. The van der Waals surface area contributed by atoms with Crippen molar-refractivity contribution in [3.63, 3.8) is 0 Å². The van der Waals surface area contributed by atoms with Gasteiger partial charge in [-0.05, 0) is 54.6 Å². The Hall–Kier alpha value is -2.36. The first-order valence-corrected chi connectivity index (χ1v) is 11.0. The highest BCUT2D eigenvalue weighted by Crippen LogP contribution is 2.23. The van der Waals surface area contributed by atoms with Gasteiger partial charge in [-0.15, -0.1) is 11.8 Å². The molecule has 0 fully saturated rings. The SMILES string of the molecule is COc1ccc(S(=O)(=O)N(C)CC(=O)N/N=C/c2ccc(SC)cc2)cc1C. The molecule has 28 heavy (non-hydrogen) atoms. The number of methoxy groups -OCH3 is 1. The number of amides is 1. The van der Waals surface area contributed by atoms with Gasteiger partial charge in [0.25, 0.3) is 5.91 Å². The van der Waals surface area contributed by atoms with Crippen LogP contribution in [0.1, 0.15) is 11.1 Å². The first-order valence-electron chi connectivity index (χ1n) is 8.35. The Morgan fingerprint density at radius 2 is 1.93 bits per heavy atom. The number of hydrogen-bond acceptors (Lipinski definition) is 6. The highest BCUT2D eigenvalue weighted by atomic mass is 32.2. The predicted octanol–water partition coefficient (Wildman–Crippen LogP) is 2.50. The van der Waals surface area contributed by atoms with E-state index >= 15 is 0 Å². The van der Waals surface area contributed by atoms with Gasteiger partial charge in [0.15, 0.2) is 0 Å². The number of sulfonamides is 1. The van der Waals surface area contributed by atoms with E-state index in [2.05, 4.69) is 10.5 Å². The van der Waals surface area contributed by atoms with Crippen molar-refractivity contribution in [3.8, 4) is 5.75 Å². The minimum absolute atomic E-state index is 0.0958. The minimum Gasteiger partial charge on any atom is -0.496 e. The van der Waals surface area contributed by atoms with Crippen molar-refractivity contribution >= 4 is 33.9 Å². The van der Waals surface area contributed by atoms with E-state index in [0.717, 1.165) is 14.8 Å². The van der Waals surface area contributed by atoms with E-state index in [1.165, 1.54) is 32.5 Å². The summed E-state index contributed by atoms with van der Waals surface area (Å²) in [6.07, 6.45) is 3.49. The van der Waals surface area contributed by atoms with Crippen LogP contribution in [0.3, 0.4) is 0 Å². The van der Waals surface area contributed by atoms with Crippen molar-refractivity contribution in [1.29, 1.82) is 0 Å². The summed E-state index contributed by atoms with van der Waals surface area (Å²) in [5, 5.41) is 3.87. The number of nitrogens with zero attached hydrogens (tertiary/aromatic N) is 2. The Morgan fingerprint density at radius 3 is 2.50 bits per heavy atom. The molecule has 0 radical (unpaired) electrons. The molecule has 0 aromatic heterocycles. The van der Waals surface area contributed by atoms with Gasteiger partial charge < -0.3 is 4.74 Å². The van der Waals surface area contributed by atoms with Gasteiger partial charge >= 0.3 is 0 Å². The van der Waals surface area contributed by atoms with Gasteiger partial charge in [-0.1, -0.05) is 12.1 Å². The molecule has 0 atom stereocenters. The molecule has 0 heterocycles. The van der Waals surface area contributed by atoms with Gasteiger partial charge in [-0.2, -0.15) is 9.41 Å². The summed E-state index contributed by atoms with van der Waals surface area (Å²) in [7, 11) is -0.939. The van der Waals surface area contributed by atoms with E-state index < -0.39 is 15.9 Å². The van der Waals surface area contributed by atoms with Crippen molar-refractivity contribution in [2.75, 3.05) is 27.0 Å². The number of nitrogens with one attached hydrogen (secondary N) is 1. The van der Waals surface area contributed by atoms with E-state index in [4.69, 9.17) is 4.74 Å². The Morgan fingerprint density at radius 1 is 1.25 bits per heavy atom. The van der Waals surface area contributed by atoms with E-state index in [1.807, 2.05) is 30.5 Å². The molecule has 0 aliphatic rings. The molecule has 2 rings (SSSR count). The maximum Gasteiger partial charge on any atom is 0.255 e. The molecular formula is C19H23N3O4S2. The molecule has 150 valence electrons. The van der Waals surface area contributed by atoms with Gasteiger partial charge in [0.1, 0.15) is 5.75 Å². The summed E-state index contributed by atoms with van der Waals surface area (Å²) in [5.41, 5.74) is 3.86. The molecule has 7 nitrogen and oxygen atoms in total. The maximum atomic E-state index is 12.6. The quantitative estimate of drug-likeness (QED) is 0.402. The molecule has 0 saturated heterocycles. The largest absolute Gasteiger partial charge is 0.496 e. The summed E-state index contributed by atoms with van der Waals surface area (Å²) in [5.74, 6) is 0.0625. The number of carbonyl (C=O) groups is 1. The average molecular weight is 422 g/mol. The molecule has 0 saturated carbocycles.